The molecule has 1 aliphatic heterocycles. The molecule has 1 fully saturated rings. The summed E-state index contributed by atoms with van der Waals surface area (Å²) in [6.07, 6.45) is -0.835. The van der Waals surface area contributed by atoms with E-state index in [1.165, 1.54) is 6.20 Å². The molecule has 0 spiro atoms. The summed E-state index contributed by atoms with van der Waals surface area (Å²) in [5.41, 5.74) is 0.0810. The monoisotopic (exact) mass is 437 g/mol. The fraction of sp³-hybridized carbons (Fsp3) is 0.455. The third-order valence-corrected chi connectivity index (χ3v) is 5.30. The summed E-state index contributed by atoms with van der Waals surface area (Å²) in [5, 5.41) is 9.07. The molecule has 1 aromatic carbocycles. The van der Waals surface area contributed by atoms with Crippen LogP contribution in [0.3, 0.4) is 0 Å². The molecular formula is C22H26F3N3O3. The Kier molecular flexibility index (Phi) is 7.37. The van der Waals surface area contributed by atoms with Crippen molar-refractivity contribution >= 4 is 11.6 Å². The molecule has 1 N–H and O–H groups in total. The predicted molar refractivity (Wildman–Crippen MR) is 110 cm³/mol. The maximum atomic E-state index is 13.5. The van der Waals surface area contributed by atoms with Gasteiger partial charge < -0.3 is 19.6 Å². The van der Waals surface area contributed by atoms with Crippen LogP contribution in [-0.2, 0) is 17.6 Å². The number of aliphatic hydroxyl groups is 1. The molecule has 1 aromatic heterocycles. The second kappa shape index (κ2) is 10.00. The van der Waals surface area contributed by atoms with E-state index in [4.69, 9.17) is 9.84 Å². The first kappa shape index (κ1) is 22.9. The Balaban J connectivity index is 1.65. The van der Waals surface area contributed by atoms with Gasteiger partial charge in [-0.1, -0.05) is 19.1 Å². The lowest BCUT2D eigenvalue weighted by Gasteiger charge is -2.32. The molecule has 1 atom stereocenters. The van der Waals surface area contributed by atoms with E-state index >= 15 is 0 Å². The number of carbonyl (C=O) groups excluding carboxylic acids is 1. The number of rotatable bonds is 8. The maximum Gasteiger partial charge on any atom is 0.418 e. The lowest BCUT2D eigenvalue weighted by atomic mass is 10.1. The molecule has 1 amide bonds. The molecule has 0 aliphatic carbocycles. The normalized spacial score (nSPS) is 16.4. The van der Waals surface area contributed by atoms with Gasteiger partial charge in [-0.25, -0.2) is 0 Å². The SMILES string of the molecule is CCCN(c1cnccc1C(F)(F)F)C1CCN(C(=O)COc2ccc(CO)cc2)C1. The average molecular weight is 437 g/mol. The van der Waals surface area contributed by atoms with Crippen LogP contribution in [0.25, 0.3) is 0 Å². The molecule has 0 bridgehead atoms. The maximum absolute atomic E-state index is 13.5. The third kappa shape index (κ3) is 5.66. The first-order valence-electron chi connectivity index (χ1n) is 10.2. The second-order valence-electron chi connectivity index (χ2n) is 7.46. The predicted octanol–water partition coefficient (Wildman–Crippen LogP) is 3.49. The number of hydrogen-bond donors (Lipinski definition) is 1. The minimum Gasteiger partial charge on any atom is -0.484 e. The van der Waals surface area contributed by atoms with Crippen LogP contribution in [0.4, 0.5) is 18.9 Å². The fourth-order valence-corrected chi connectivity index (χ4v) is 3.75. The number of anilines is 1. The van der Waals surface area contributed by atoms with E-state index in [9.17, 15) is 18.0 Å². The second-order valence-corrected chi connectivity index (χ2v) is 7.46. The first-order valence-corrected chi connectivity index (χ1v) is 10.2. The number of aliphatic hydroxyl groups excluding tert-OH is 1. The van der Waals surface area contributed by atoms with E-state index in [0.29, 0.717) is 38.2 Å². The standard InChI is InChI=1S/C22H26F3N3O3/c1-2-10-28(20-12-26-9-7-19(20)22(23,24)25)17-8-11-27(13-17)21(30)15-31-18-5-3-16(14-29)4-6-18/h3-7,9,12,17,29H,2,8,10-11,13-15H2,1H3. The number of nitrogens with zero attached hydrogens (tertiary/aromatic N) is 3. The highest BCUT2D eigenvalue weighted by molar-refractivity contribution is 5.78. The summed E-state index contributed by atoms with van der Waals surface area (Å²) >= 11 is 0. The van der Waals surface area contributed by atoms with Crippen LogP contribution in [0, 0.1) is 0 Å². The van der Waals surface area contributed by atoms with E-state index in [1.807, 2.05) is 6.92 Å². The van der Waals surface area contributed by atoms with Crippen LogP contribution in [0.5, 0.6) is 5.75 Å². The average Bonchev–Trinajstić information content (AvgIpc) is 3.25. The van der Waals surface area contributed by atoms with Gasteiger partial charge in [0.15, 0.2) is 6.61 Å². The topological polar surface area (TPSA) is 65.9 Å². The van der Waals surface area contributed by atoms with E-state index in [1.54, 1.807) is 34.1 Å². The largest absolute Gasteiger partial charge is 0.484 e. The number of halogens is 3. The van der Waals surface area contributed by atoms with E-state index in [-0.39, 0.29) is 30.9 Å². The lowest BCUT2D eigenvalue weighted by molar-refractivity contribution is -0.137. The van der Waals surface area contributed by atoms with Crippen molar-refractivity contribution in [1.82, 2.24) is 9.88 Å². The number of alkyl halides is 3. The van der Waals surface area contributed by atoms with Crippen molar-refractivity contribution in [3.63, 3.8) is 0 Å². The zero-order valence-electron chi connectivity index (χ0n) is 17.3. The molecule has 1 unspecified atom stereocenters. The fourth-order valence-electron chi connectivity index (χ4n) is 3.75. The number of aromatic nitrogens is 1. The van der Waals surface area contributed by atoms with Gasteiger partial charge in [0.1, 0.15) is 5.75 Å². The van der Waals surface area contributed by atoms with Gasteiger partial charge in [-0.15, -0.1) is 0 Å². The zero-order chi connectivity index (χ0) is 22.4. The number of benzene rings is 1. The van der Waals surface area contributed by atoms with Gasteiger partial charge in [0.2, 0.25) is 0 Å². The van der Waals surface area contributed by atoms with E-state index < -0.39 is 11.7 Å². The van der Waals surface area contributed by atoms with Crippen molar-refractivity contribution in [2.75, 3.05) is 31.1 Å². The summed E-state index contributed by atoms with van der Waals surface area (Å²) in [4.78, 5) is 19.8. The highest BCUT2D eigenvalue weighted by Gasteiger charge is 2.38. The molecule has 9 heteroatoms. The smallest absolute Gasteiger partial charge is 0.418 e. The Morgan fingerprint density at radius 2 is 2.03 bits per heavy atom. The van der Waals surface area contributed by atoms with E-state index in [0.717, 1.165) is 17.8 Å². The molecule has 2 aromatic rings. The number of pyridine rings is 1. The van der Waals surface area contributed by atoms with Gasteiger partial charge in [0.25, 0.3) is 5.91 Å². The zero-order valence-corrected chi connectivity index (χ0v) is 17.3. The number of carbonyl (C=O) groups is 1. The Bertz CT molecular complexity index is 874. The molecule has 3 rings (SSSR count). The minimum absolute atomic E-state index is 0.0522. The molecule has 31 heavy (non-hydrogen) atoms. The Hall–Kier alpha value is -2.81. The van der Waals surface area contributed by atoms with Gasteiger partial charge in [0.05, 0.1) is 24.1 Å². The molecule has 2 heterocycles. The van der Waals surface area contributed by atoms with Crippen molar-refractivity contribution < 1.29 is 27.8 Å². The minimum atomic E-state index is -4.47. The van der Waals surface area contributed by atoms with Gasteiger partial charge in [-0.05, 0) is 36.6 Å². The lowest BCUT2D eigenvalue weighted by Crippen LogP contribution is -2.41. The van der Waals surface area contributed by atoms with Gasteiger partial charge >= 0.3 is 6.18 Å². The van der Waals surface area contributed by atoms with Crippen LogP contribution >= 0.6 is 0 Å². The van der Waals surface area contributed by atoms with Crippen molar-refractivity contribution in [2.24, 2.45) is 0 Å². The Labute approximate surface area is 179 Å². The molecule has 6 nitrogen and oxygen atoms in total. The van der Waals surface area contributed by atoms with Crippen LogP contribution in [0.15, 0.2) is 42.7 Å². The molecular weight excluding hydrogens is 411 g/mol. The van der Waals surface area contributed by atoms with Crippen LogP contribution in [0.2, 0.25) is 0 Å². The van der Waals surface area contributed by atoms with Crippen molar-refractivity contribution in [3.8, 4) is 5.75 Å². The summed E-state index contributed by atoms with van der Waals surface area (Å²) < 4.78 is 46.0. The van der Waals surface area contributed by atoms with Crippen molar-refractivity contribution in [3.05, 3.63) is 53.9 Å². The summed E-state index contributed by atoms with van der Waals surface area (Å²) in [5.74, 6) is 0.298. The molecule has 1 saturated heterocycles. The van der Waals surface area contributed by atoms with Crippen LogP contribution < -0.4 is 9.64 Å². The molecule has 168 valence electrons. The summed E-state index contributed by atoms with van der Waals surface area (Å²) in [7, 11) is 0. The van der Waals surface area contributed by atoms with Crippen molar-refractivity contribution in [1.29, 1.82) is 0 Å². The highest BCUT2D eigenvalue weighted by Crippen LogP contribution is 2.37. The van der Waals surface area contributed by atoms with Crippen LogP contribution in [0.1, 0.15) is 30.9 Å². The number of amides is 1. The number of likely N-dealkylation sites (tertiary alicyclic amines) is 1. The first-order chi connectivity index (χ1) is 14.8. The van der Waals surface area contributed by atoms with Crippen LogP contribution in [-0.4, -0.2) is 53.2 Å². The molecule has 0 saturated carbocycles. The summed E-state index contributed by atoms with van der Waals surface area (Å²) in [6, 6.07) is 7.54. The van der Waals surface area contributed by atoms with Gasteiger partial charge in [0, 0.05) is 31.9 Å². The number of ether oxygens (including phenoxy) is 1. The van der Waals surface area contributed by atoms with Gasteiger partial charge in [-0.3, -0.25) is 9.78 Å². The van der Waals surface area contributed by atoms with Crippen molar-refractivity contribution in [2.45, 2.75) is 38.6 Å². The highest BCUT2D eigenvalue weighted by atomic mass is 19.4. The summed E-state index contributed by atoms with van der Waals surface area (Å²) in [6.45, 7) is 2.91. The molecule has 1 aliphatic rings. The number of hydrogen-bond acceptors (Lipinski definition) is 5. The molecule has 0 radical (unpaired) electrons. The Morgan fingerprint density at radius 3 is 2.68 bits per heavy atom. The quantitative estimate of drug-likeness (QED) is 0.685. The Morgan fingerprint density at radius 1 is 1.29 bits per heavy atom. The van der Waals surface area contributed by atoms with Gasteiger partial charge in [-0.2, -0.15) is 13.2 Å². The van der Waals surface area contributed by atoms with E-state index in [2.05, 4.69) is 4.98 Å². The third-order valence-electron chi connectivity index (χ3n) is 5.30.